The third-order valence-corrected chi connectivity index (χ3v) is 2.73. The Morgan fingerprint density at radius 1 is 1.47 bits per heavy atom. The van der Waals surface area contributed by atoms with Crippen molar-refractivity contribution in [1.82, 2.24) is 5.32 Å². The number of rotatable bonds is 5. The Labute approximate surface area is 117 Å². The number of hydrogen-bond acceptors (Lipinski definition) is 2. The van der Waals surface area contributed by atoms with Gasteiger partial charge in [-0.05, 0) is 30.5 Å². The van der Waals surface area contributed by atoms with Gasteiger partial charge < -0.3 is 15.7 Å². The summed E-state index contributed by atoms with van der Waals surface area (Å²) < 4.78 is 13.5. The molecular weight excluding hydrogens is 271 g/mol. The third-order valence-electron chi connectivity index (χ3n) is 2.49. The van der Waals surface area contributed by atoms with Gasteiger partial charge in [0.1, 0.15) is 5.82 Å². The lowest BCUT2D eigenvalue weighted by atomic mass is 10.0. The molecule has 0 bridgehead atoms. The number of carbonyl (C=O) groups is 1. The van der Waals surface area contributed by atoms with Gasteiger partial charge in [0.15, 0.2) is 0 Å². The van der Waals surface area contributed by atoms with Crippen LogP contribution in [-0.4, -0.2) is 23.8 Å². The molecule has 1 rings (SSSR count). The fourth-order valence-corrected chi connectivity index (χ4v) is 1.84. The number of amides is 2. The van der Waals surface area contributed by atoms with E-state index in [-0.39, 0.29) is 23.4 Å². The number of urea groups is 1. The Morgan fingerprint density at radius 3 is 2.68 bits per heavy atom. The van der Waals surface area contributed by atoms with Crippen LogP contribution in [0.25, 0.3) is 0 Å². The van der Waals surface area contributed by atoms with Gasteiger partial charge >= 0.3 is 6.03 Å². The van der Waals surface area contributed by atoms with Gasteiger partial charge in [0, 0.05) is 5.02 Å². The number of anilines is 1. The summed E-state index contributed by atoms with van der Waals surface area (Å²) in [6, 6.07) is 3.08. The predicted molar refractivity (Wildman–Crippen MR) is 73.9 cm³/mol. The zero-order valence-corrected chi connectivity index (χ0v) is 11.7. The van der Waals surface area contributed by atoms with Crippen LogP contribution in [0.2, 0.25) is 5.02 Å². The molecule has 1 aromatic carbocycles. The second kappa shape index (κ2) is 7.31. The summed E-state index contributed by atoms with van der Waals surface area (Å²) in [5.41, 5.74) is 0.0446. The Balaban J connectivity index is 2.59. The maximum Gasteiger partial charge on any atom is 0.319 e. The molecule has 1 unspecified atom stereocenters. The average molecular weight is 289 g/mol. The van der Waals surface area contributed by atoms with E-state index in [0.29, 0.717) is 12.3 Å². The van der Waals surface area contributed by atoms with Crippen molar-refractivity contribution in [3.8, 4) is 0 Å². The fourth-order valence-electron chi connectivity index (χ4n) is 1.68. The second-order valence-electron chi connectivity index (χ2n) is 4.73. The smallest absolute Gasteiger partial charge is 0.319 e. The Hall–Kier alpha value is -1.33. The highest BCUT2D eigenvalue weighted by Crippen LogP contribution is 2.18. The maximum atomic E-state index is 13.5. The monoisotopic (exact) mass is 288 g/mol. The summed E-state index contributed by atoms with van der Waals surface area (Å²) in [6.45, 7) is 3.82. The van der Waals surface area contributed by atoms with E-state index in [1.165, 1.54) is 12.1 Å². The van der Waals surface area contributed by atoms with Gasteiger partial charge in [0.05, 0.1) is 18.3 Å². The number of nitrogens with one attached hydrogen (secondary N) is 2. The van der Waals surface area contributed by atoms with E-state index in [1.54, 1.807) is 0 Å². The number of benzene rings is 1. The van der Waals surface area contributed by atoms with E-state index in [1.807, 2.05) is 13.8 Å². The molecule has 0 aliphatic rings. The molecule has 1 atom stereocenters. The number of halogens is 2. The highest BCUT2D eigenvalue weighted by molar-refractivity contribution is 6.30. The van der Waals surface area contributed by atoms with Gasteiger partial charge in [-0.2, -0.15) is 0 Å². The topological polar surface area (TPSA) is 61.4 Å². The first-order chi connectivity index (χ1) is 8.92. The van der Waals surface area contributed by atoms with Crippen LogP contribution in [-0.2, 0) is 0 Å². The molecule has 0 heterocycles. The van der Waals surface area contributed by atoms with Gasteiger partial charge in [0.25, 0.3) is 0 Å². The van der Waals surface area contributed by atoms with E-state index in [0.717, 1.165) is 6.07 Å². The predicted octanol–water partition coefficient (Wildman–Crippen LogP) is 3.01. The molecule has 2 amide bonds. The minimum absolute atomic E-state index is 0.0446. The van der Waals surface area contributed by atoms with Gasteiger partial charge in [-0.1, -0.05) is 25.4 Å². The van der Waals surface area contributed by atoms with Crippen molar-refractivity contribution in [2.45, 2.75) is 26.3 Å². The molecule has 0 fully saturated rings. The molecular formula is C13H18ClFN2O2. The van der Waals surface area contributed by atoms with Gasteiger partial charge in [-0.15, -0.1) is 0 Å². The average Bonchev–Trinajstić information content (AvgIpc) is 2.31. The van der Waals surface area contributed by atoms with E-state index in [2.05, 4.69) is 10.6 Å². The minimum atomic E-state index is -0.605. The van der Waals surface area contributed by atoms with Gasteiger partial charge in [-0.3, -0.25) is 0 Å². The van der Waals surface area contributed by atoms with E-state index >= 15 is 0 Å². The molecule has 6 heteroatoms. The lowest BCUT2D eigenvalue weighted by Crippen LogP contribution is -2.41. The number of carbonyl (C=O) groups excluding carboxylic acids is 1. The standard InChI is InChI=1S/C13H18ClFN2O2/c1-8(2)5-10(7-18)16-13(19)17-12-4-3-9(14)6-11(12)15/h3-4,6,8,10,18H,5,7H2,1-2H3,(H2,16,17,19). The van der Waals surface area contributed by atoms with Crippen LogP contribution in [0.1, 0.15) is 20.3 Å². The van der Waals surface area contributed by atoms with Crippen molar-refractivity contribution in [3.05, 3.63) is 29.0 Å². The van der Waals surface area contributed by atoms with Crippen LogP contribution < -0.4 is 10.6 Å². The minimum Gasteiger partial charge on any atom is -0.394 e. The first-order valence-electron chi connectivity index (χ1n) is 6.05. The van der Waals surface area contributed by atoms with Crippen molar-refractivity contribution in [2.24, 2.45) is 5.92 Å². The SMILES string of the molecule is CC(C)CC(CO)NC(=O)Nc1ccc(Cl)cc1F. The molecule has 4 nitrogen and oxygen atoms in total. The lowest BCUT2D eigenvalue weighted by Gasteiger charge is -2.18. The van der Waals surface area contributed by atoms with Crippen molar-refractivity contribution in [3.63, 3.8) is 0 Å². The number of aliphatic hydroxyl groups is 1. The molecule has 19 heavy (non-hydrogen) atoms. The van der Waals surface area contributed by atoms with Crippen LogP contribution in [0.3, 0.4) is 0 Å². The van der Waals surface area contributed by atoms with E-state index < -0.39 is 11.8 Å². The second-order valence-corrected chi connectivity index (χ2v) is 5.17. The summed E-state index contributed by atoms with van der Waals surface area (Å²) in [5, 5.41) is 14.4. The largest absolute Gasteiger partial charge is 0.394 e. The summed E-state index contributed by atoms with van der Waals surface area (Å²) in [4.78, 5) is 11.7. The van der Waals surface area contributed by atoms with Crippen LogP contribution in [0.4, 0.5) is 14.9 Å². The molecule has 0 spiro atoms. The van der Waals surface area contributed by atoms with Gasteiger partial charge in [0.2, 0.25) is 0 Å². The van der Waals surface area contributed by atoms with Crippen molar-refractivity contribution in [2.75, 3.05) is 11.9 Å². The van der Waals surface area contributed by atoms with Crippen molar-refractivity contribution >= 4 is 23.3 Å². The molecule has 3 N–H and O–H groups in total. The first-order valence-corrected chi connectivity index (χ1v) is 6.43. The van der Waals surface area contributed by atoms with Crippen LogP contribution in [0.5, 0.6) is 0 Å². The zero-order chi connectivity index (χ0) is 14.4. The molecule has 0 saturated carbocycles. The highest BCUT2D eigenvalue weighted by Gasteiger charge is 2.14. The first kappa shape index (κ1) is 15.7. The molecule has 106 valence electrons. The Morgan fingerprint density at radius 2 is 2.16 bits per heavy atom. The quantitative estimate of drug-likeness (QED) is 0.780. The van der Waals surface area contributed by atoms with E-state index in [9.17, 15) is 9.18 Å². The van der Waals surface area contributed by atoms with Gasteiger partial charge in [-0.25, -0.2) is 9.18 Å². The number of hydrogen-bond donors (Lipinski definition) is 3. The summed E-state index contributed by atoms with van der Waals surface area (Å²) >= 11 is 5.62. The Kier molecular flexibility index (Phi) is 6.05. The molecule has 0 aliphatic heterocycles. The third kappa shape index (κ3) is 5.44. The van der Waals surface area contributed by atoms with Crippen molar-refractivity contribution < 1.29 is 14.3 Å². The lowest BCUT2D eigenvalue weighted by molar-refractivity contribution is 0.214. The Bertz CT molecular complexity index is 441. The van der Waals surface area contributed by atoms with Crippen LogP contribution in [0, 0.1) is 11.7 Å². The molecule has 0 saturated heterocycles. The molecule has 0 aliphatic carbocycles. The molecule has 0 aromatic heterocycles. The summed E-state index contributed by atoms with van der Waals surface area (Å²) in [5.74, 6) is -0.267. The highest BCUT2D eigenvalue weighted by atomic mass is 35.5. The summed E-state index contributed by atoms with van der Waals surface area (Å²) in [7, 11) is 0. The fraction of sp³-hybridized carbons (Fsp3) is 0.462. The molecule has 0 radical (unpaired) electrons. The number of aliphatic hydroxyl groups excluding tert-OH is 1. The molecule has 1 aromatic rings. The normalized spacial score (nSPS) is 12.3. The van der Waals surface area contributed by atoms with Crippen LogP contribution >= 0.6 is 11.6 Å². The van der Waals surface area contributed by atoms with Crippen LogP contribution in [0.15, 0.2) is 18.2 Å². The zero-order valence-electron chi connectivity index (χ0n) is 10.9. The maximum absolute atomic E-state index is 13.5. The van der Waals surface area contributed by atoms with Crippen molar-refractivity contribution in [1.29, 1.82) is 0 Å². The summed E-state index contributed by atoms with van der Waals surface area (Å²) in [6.07, 6.45) is 0.646. The van der Waals surface area contributed by atoms with E-state index in [4.69, 9.17) is 16.7 Å².